The SMILES string of the molecule is O=[N+]([O-])c1ccc(CN2CC[CH]CC2)cc1. The van der Waals surface area contributed by atoms with Gasteiger partial charge in [-0.15, -0.1) is 0 Å². The number of piperidine rings is 1. The van der Waals surface area contributed by atoms with Gasteiger partial charge in [-0.2, -0.15) is 0 Å². The molecule has 1 fully saturated rings. The largest absolute Gasteiger partial charge is 0.299 e. The van der Waals surface area contributed by atoms with Gasteiger partial charge in [0.2, 0.25) is 0 Å². The van der Waals surface area contributed by atoms with Gasteiger partial charge in [0, 0.05) is 18.7 Å². The normalized spacial score (nSPS) is 17.2. The number of nitrogens with zero attached hydrogens (tertiary/aromatic N) is 2. The summed E-state index contributed by atoms with van der Waals surface area (Å²) in [6.07, 6.45) is 4.60. The second kappa shape index (κ2) is 5.07. The summed E-state index contributed by atoms with van der Waals surface area (Å²) in [7, 11) is 0. The first kappa shape index (κ1) is 11.1. The van der Waals surface area contributed by atoms with E-state index in [1.165, 1.54) is 0 Å². The van der Waals surface area contributed by atoms with Crippen LogP contribution in [0.2, 0.25) is 0 Å². The van der Waals surface area contributed by atoms with E-state index in [-0.39, 0.29) is 10.6 Å². The third kappa shape index (κ3) is 2.79. The monoisotopic (exact) mass is 219 g/mol. The van der Waals surface area contributed by atoms with Gasteiger partial charge < -0.3 is 0 Å². The topological polar surface area (TPSA) is 46.4 Å². The van der Waals surface area contributed by atoms with Crippen LogP contribution in [0.5, 0.6) is 0 Å². The first-order valence-corrected chi connectivity index (χ1v) is 5.53. The Bertz CT molecular complexity index is 356. The molecule has 4 heteroatoms. The van der Waals surface area contributed by atoms with Gasteiger partial charge in [0.05, 0.1) is 4.92 Å². The van der Waals surface area contributed by atoms with Gasteiger partial charge in [0.15, 0.2) is 0 Å². The van der Waals surface area contributed by atoms with Crippen LogP contribution in [-0.4, -0.2) is 22.9 Å². The van der Waals surface area contributed by atoms with Gasteiger partial charge in [-0.3, -0.25) is 15.0 Å². The average molecular weight is 219 g/mol. The Morgan fingerprint density at radius 3 is 2.38 bits per heavy atom. The Morgan fingerprint density at radius 2 is 1.81 bits per heavy atom. The second-order valence-corrected chi connectivity index (χ2v) is 4.07. The lowest BCUT2D eigenvalue weighted by atomic mass is 10.1. The lowest BCUT2D eigenvalue weighted by Crippen LogP contribution is -2.29. The standard InChI is InChI=1S/C12H15N2O2/c15-14(16)12-6-4-11(5-7-12)10-13-8-2-1-3-9-13/h1,4-7H,2-3,8-10H2. The molecule has 0 aliphatic carbocycles. The van der Waals surface area contributed by atoms with Crippen molar-refractivity contribution in [2.45, 2.75) is 19.4 Å². The summed E-state index contributed by atoms with van der Waals surface area (Å²) in [5, 5.41) is 10.5. The Kier molecular flexibility index (Phi) is 3.51. The predicted molar refractivity (Wildman–Crippen MR) is 61.9 cm³/mol. The first-order valence-electron chi connectivity index (χ1n) is 5.53. The van der Waals surface area contributed by atoms with Crippen molar-refractivity contribution in [1.29, 1.82) is 0 Å². The predicted octanol–water partition coefficient (Wildman–Crippen LogP) is 2.39. The summed E-state index contributed by atoms with van der Waals surface area (Å²) in [4.78, 5) is 12.5. The number of benzene rings is 1. The van der Waals surface area contributed by atoms with Crippen molar-refractivity contribution >= 4 is 5.69 Å². The molecule has 1 aliphatic rings. The van der Waals surface area contributed by atoms with E-state index in [4.69, 9.17) is 0 Å². The molecule has 4 nitrogen and oxygen atoms in total. The van der Waals surface area contributed by atoms with E-state index in [1.807, 2.05) is 12.1 Å². The Balaban J connectivity index is 1.96. The van der Waals surface area contributed by atoms with E-state index in [0.717, 1.165) is 38.0 Å². The van der Waals surface area contributed by atoms with Crippen molar-refractivity contribution in [2.24, 2.45) is 0 Å². The summed E-state index contributed by atoms with van der Waals surface area (Å²) in [6.45, 7) is 3.08. The highest BCUT2D eigenvalue weighted by atomic mass is 16.6. The fourth-order valence-electron chi connectivity index (χ4n) is 1.94. The average Bonchev–Trinajstić information content (AvgIpc) is 2.31. The minimum Gasteiger partial charge on any atom is -0.299 e. The molecule has 1 heterocycles. The molecule has 0 saturated carbocycles. The molecular weight excluding hydrogens is 204 g/mol. The molecule has 0 amide bonds. The molecule has 1 saturated heterocycles. The molecule has 16 heavy (non-hydrogen) atoms. The highest BCUT2D eigenvalue weighted by Crippen LogP contribution is 2.15. The maximum absolute atomic E-state index is 10.5. The van der Waals surface area contributed by atoms with Crippen LogP contribution in [-0.2, 0) is 6.54 Å². The zero-order chi connectivity index (χ0) is 11.4. The third-order valence-corrected chi connectivity index (χ3v) is 2.85. The molecule has 1 aliphatic heterocycles. The molecule has 85 valence electrons. The summed E-state index contributed by atoms with van der Waals surface area (Å²) in [6, 6.07) is 6.84. The van der Waals surface area contributed by atoms with Crippen molar-refractivity contribution in [3.8, 4) is 0 Å². The quantitative estimate of drug-likeness (QED) is 0.579. The maximum atomic E-state index is 10.5. The summed E-state index contributed by atoms with van der Waals surface area (Å²) < 4.78 is 0. The van der Waals surface area contributed by atoms with E-state index in [0.29, 0.717) is 0 Å². The molecule has 1 radical (unpaired) electrons. The second-order valence-electron chi connectivity index (χ2n) is 4.07. The molecule has 0 bridgehead atoms. The van der Waals surface area contributed by atoms with E-state index in [2.05, 4.69) is 11.3 Å². The van der Waals surface area contributed by atoms with Crippen molar-refractivity contribution in [2.75, 3.05) is 13.1 Å². The lowest BCUT2D eigenvalue weighted by molar-refractivity contribution is -0.384. The van der Waals surface area contributed by atoms with Gasteiger partial charge >= 0.3 is 0 Å². The number of nitro benzene ring substituents is 1. The van der Waals surface area contributed by atoms with Crippen LogP contribution in [0.3, 0.4) is 0 Å². The highest BCUT2D eigenvalue weighted by Gasteiger charge is 2.11. The van der Waals surface area contributed by atoms with Gasteiger partial charge in [-0.05, 0) is 37.9 Å². The Labute approximate surface area is 95.0 Å². The zero-order valence-electron chi connectivity index (χ0n) is 9.13. The number of nitro groups is 1. The number of rotatable bonds is 3. The Morgan fingerprint density at radius 1 is 1.19 bits per heavy atom. The maximum Gasteiger partial charge on any atom is 0.269 e. The van der Waals surface area contributed by atoms with Gasteiger partial charge in [0.1, 0.15) is 0 Å². The molecule has 0 atom stereocenters. The minimum absolute atomic E-state index is 0.163. The number of hydrogen-bond acceptors (Lipinski definition) is 3. The summed E-state index contributed by atoms with van der Waals surface area (Å²) in [5.74, 6) is 0. The number of likely N-dealkylation sites (tertiary alicyclic amines) is 1. The number of non-ortho nitro benzene ring substituents is 1. The van der Waals surface area contributed by atoms with Crippen molar-refractivity contribution in [3.05, 3.63) is 46.4 Å². The van der Waals surface area contributed by atoms with Crippen LogP contribution in [0.4, 0.5) is 5.69 Å². The van der Waals surface area contributed by atoms with E-state index in [1.54, 1.807) is 12.1 Å². The smallest absolute Gasteiger partial charge is 0.269 e. The summed E-state index contributed by atoms with van der Waals surface area (Å²) >= 11 is 0. The van der Waals surface area contributed by atoms with Gasteiger partial charge in [-0.25, -0.2) is 0 Å². The van der Waals surface area contributed by atoms with Crippen LogP contribution >= 0.6 is 0 Å². The molecule has 1 aromatic rings. The summed E-state index contributed by atoms with van der Waals surface area (Å²) in [5.41, 5.74) is 1.31. The molecule has 0 unspecified atom stereocenters. The molecule has 2 rings (SSSR count). The van der Waals surface area contributed by atoms with E-state index < -0.39 is 0 Å². The molecular formula is C12H15N2O2. The third-order valence-electron chi connectivity index (χ3n) is 2.85. The van der Waals surface area contributed by atoms with Crippen LogP contribution in [0, 0.1) is 16.5 Å². The fourth-order valence-corrected chi connectivity index (χ4v) is 1.94. The van der Waals surface area contributed by atoms with E-state index >= 15 is 0 Å². The minimum atomic E-state index is -0.361. The van der Waals surface area contributed by atoms with Crippen molar-refractivity contribution < 1.29 is 4.92 Å². The lowest BCUT2D eigenvalue weighted by Gasteiger charge is -2.26. The molecule has 1 aromatic carbocycles. The van der Waals surface area contributed by atoms with Crippen molar-refractivity contribution in [3.63, 3.8) is 0 Å². The fraction of sp³-hybridized carbons (Fsp3) is 0.417. The van der Waals surface area contributed by atoms with Gasteiger partial charge in [0.25, 0.3) is 5.69 Å². The molecule has 0 N–H and O–H groups in total. The highest BCUT2D eigenvalue weighted by molar-refractivity contribution is 5.32. The van der Waals surface area contributed by atoms with Crippen LogP contribution in [0.15, 0.2) is 24.3 Å². The van der Waals surface area contributed by atoms with Crippen LogP contribution in [0.1, 0.15) is 18.4 Å². The zero-order valence-corrected chi connectivity index (χ0v) is 9.13. The van der Waals surface area contributed by atoms with Gasteiger partial charge in [-0.1, -0.05) is 12.1 Å². The van der Waals surface area contributed by atoms with Crippen LogP contribution in [0.25, 0.3) is 0 Å². The molecule has 0 aromatic heterocycles. The van der Waals surface area contributed by atoms with E-state index in [9.17, 15) is 10.1 Å². The molecule has 0 spiro atoms. The van der Waals surface area contributed by atoms with Crippen LogP contribution < -0.4 is 0 Å². The number of hydrogen-bond donors (Lipinski definition) is 0. The first-order chi connectivity index (χ1) is 7.75. The van der Waals surface area contributed by atoms with Crippen molar-refractivity contribution in [1.82, 2.24) is 4.90 Å². The Hall–Kier alpha value is -1.42.